The van der Waals surface area contributed by atoms with Crippen molar-refractivity contribution in [1.29, 1.82) is 0 Å². The summed E-state index contributed by atoms with van der Waals surface area (Å²) >= 11 is 6.64. The summed E-state index contributed by atoms with van der Waals surface area (Å²) in [7, 11) is 9.58. The van der Waals surface area contributed by atoms with Crippen LogP contribution in [0.2, 0.25) is 5.02 Å². The van der Waals surface area contributed by atoms with E-state index in [0.717, 1.165) is 20.8 Å². The van der Waals surface area contributed by atoms with Gasteiger partial charge in [-0.1, -0.05) is 121 Å². The third kappa shape index (κ3) is 28.1. The molecule has 125 heavy (non-hydrogen) atoms. The molecule has 12 atom stereocenters. The number of halogens is 3. The van der Waals surface area contributed by atoms with Gasteiger partial charge in [-0.15, -0.1) is 0 Å². The molecule has 3 heterocycles. The van der Waals surface area contributed by atoms with Gasteiger partial charge in [0.25, 0.3) is 0 Å². The van der Waals surface area contributed by atoms with Crippen LogP contribution in [0.15, 0.2) is 36.9 Å². The second-order valence-corrected chi connectivity index (χ2v) is 35.9. The minimum absolute atomic E-state index is 0.0236. The van der Waals surface area contributed by atoms with Crippen LogP contribution in [0.25, 0.3) is 22.0 Å². The molecule has 2 unspecified atom stereocenters. The lowest BCUT2D eigenvalue weighted by atomic mass is 9.90. The Bertz CT molecular complexity index is 4320. The van der Waals surface area contributed by atoms with E-state index in [1.807, 2.05) is 55.4 Å². The zero-order valence-corrected chi connectivity index (χ0v) is 77.9. The van der Waals surface area contributed by atoms with Crippen LogP contribution in [0, 0.1) is 53.1 Å². The van der Waals surface area contributed by atoms with Crippen LogP contribution in [0.5, 0.6) is 5.75 Å². The van der Waals surface area contributed by atoms with Crippen molar-refractivity contribution < 1.29 is 86.1 Å². The molecule has 0 spiro atoms. The maximum atomic E-state index is 16.8. The number of rotatable bonds is 27. The predicted molar refractivity (Wildman–Crippen MR) is 473 cm³/mol. The van der Waals surface area contributed by atoms with E-state index >= 15 is 28.0 Å². The van der Waals surface area contributed by atoms with Crippen LogP contribution in [0.4, 0.5) is 20.5 Å². The lowest BCUT2D eigenvalue weighted by Gasteiger charge is -2.41. The highest BCUT2D eigenvalue weighted by Gasteiger charge is 2.46. The van der Waals surface area contributed by atoms with Crippen molar-refractivity contribution in [1.82, 2.24) is 81.1 Å². The molecule has 9 N–H and O–H groups in total. The molecule has 696 valence electrons. The second-order valence-electron chi connectivity index (χ2n) is 35.5. The summed E-state index contributed by atoms with van der Waals surface area (Å²) in [6.45, 7) is 31.3. The van der Waals surface area contributed by atoms with E-state index in [0.29, 0.717) is 0 Å². The Morgan fingerprint density at radius 2 is 1.08 bits per heavy atom. The van der Waals surface area contributed by atoms with Gasteiger partial charge in [-0.3, -0.25) is 67.1 Å². The average molecular weight is 1780 g/mol. The third-order valence-corrected chi connectivity index (χ3v) is 23.3. The number of fused-ring (bicyclic) bond motifs is 1. The van der Waals surface area contributed by atoms with E-state index in [2.05, 4.69) is 53.8 Å². The number of phenols is 1. The highest BCUT2D eigenvalue weighted by molar-refractivity contribution is 6.34. The normalized spacial score (nSPS) is 22.6. The minimum atomic E-state index is -1.82. The Morgan fingerprint density at radius 3 is 1.61 bits per heavy atom. The van der Waals surface area contributed by atoms with Crippen molar-refractivity contribution in [3.05, 3.63) is 53.6 Å². The second kappa shape index (κ2) is 47.8. The number of carbonyl (C=O) groups excluding carboxylic acids is 14. The zero-order chi connectivity index (χ0) is 94.4. The van der Waals surface area contributed by atoms with Gasteiger partial charge in [0.05, 0.1) is 23.2 Å². The summed E-state index contributed by atoms with van der Waals surface area (Å²) in [5, 5.41) is 42.6. The third-order valence-electron chi connectivity index (χ3n) is 23.0. The van der Waals surface area contributed by atoms with Crippen LogP contribution in [-0.2, 0) is 67.1 Å². The Kier molecular flexibility index (Phi) is 40.2. The van der Waals surface area contributed by atoms with Crippen LogP contribution in [-0.4, -0.2) is 310 Å². The van der Waals surface area contributed by atoms with Crippen LogP contribution < -0.4 is 42.1 Å². The van der Waals surface area contributed by atoms with Crippen molar-refractivity contribution in [2.24, 2.45) is 41.4 Å². The highest BCUT2D eigenvalue weighted by Crippen LogP contribution is 2.43. The van der Waals surface area contributed by atoms with E-state index in [-0.39, 0.29) is 161 Å². The summed E-state index contributed by atoms with van der Waals surface area (Å²) in [6, 6.07) is -8.48. The molecule has 2 aliphatic rings. The topological polar surface area (TPSA) is 419 Å². The number of piperazine rings is 1. The number of aliphatic hydroxyl groups is 1. The van der Waals surface area contributed by atoms with Gasteiger partial charge in [0.2, 0.25) is 88.6 Å². The summed E-state index contributed by atoms with van der Waals surface area (Å²) in [5.41, 5.74) is -1.20. The van der Waals surface area contributed by atoms with Gasteiger partial charge in [0.15, 0.2) is 5.82 Å². The van der Waals surface area contributed by atoms with Crippen LogP contribution in [0.1, 0.15) is 169 Å². The monoisotopic (exact) mass is 1780 g/mol. The van der Waals surface area contributed by atoms with E-state index in [4.69, 9.17) is 11.6 Å². The fourth-order valence-corrected chi connectivity index (χ4v) is 15.9. The molecule has 0 saturated carbocycles. The number of hydrogen-bond donors (Lipinski definition) is 9. The predicted octanol–water partition coefficient (Wildman–Crippen LogP) is 5.29. The Hall–Kier alpha value is -10.4. The number of aromatic hydroxyl groups is 1. The molecule has 0 bridgehead atoms. The number of hydrogen-bond acceptors (Lipinski definition) is 20. The molecule has 2 saturated heterocycles. The zero-order valence-electron chi connectivity index (χ0n) is 77.2. The smallest absolute Gasteiger partial charge is 0.246 e. The standard InChI is InChI=1S/C88H137ClF2N18O16/c1-25-59-83(121)101(18)46-68(114)102(19)60(41-47(3)4)80(118)98-72(51(11)12)86(124)103(20)61(42-48(5)6)79(117)95-54(16)78(116)96-55(17)82(120)104(21)62(43-49(7)8)84(122)105(22)63(44-50(9)10)85(123)106(23)74(52(13)14)87(125)107(24)75(81(119)97-59)76(115)53(15)29-27-32-65(111)92-35-36-93-66(112)33-34-94-88-99-73-56(77(100-88)109-39-37-108(38-40-109)67(113)26-2)45-57(89)69(71(73)91)70-58(90)30-28-31-64(70)110/h26,28,30-31,45,47-55,59-63,72,74-76,110,115H,2,25,27,29,32-44,46H2,1,3-24H3,(H,92,111)(H,93,112)(H,95,117)(H,96,116)(H,97,119)(H,98,118)(H,94,99,100)/t53-,54+,55-,59+,60+,61+,62+,63?,72+,74+,75?,76-/m1/s1. The Balaban J connectivity index is 1.44. The van der Waals surface area contributed by atoms with Gasteiger partial charge in [-0.2, -0.15) is 4.98 Å². The summed E-state index contributed by atoms with van der Waals surface area (Å²) in [5.74, 6) is -14.9. The fourth-order valence-electron chi connectivity index (χ4n) is 15.6. The lowest BCUT2D eigenvalue weighted by Crippen LogP contribution is -2.63. The molecular formula is C88H137ClF2N18O16. The number of likely N-dealkylation sites (N-methyl/N-ethyl adjacent to an activating group) is 7. The van der Waals surface area contributed by atoms with Crippen molar-refractivity contribution in [2.45, 2.75) is 235 Å². The van der Waals surface area contributed by atoms with Crippen LogP contribution >= 0.6 is 11.6 Å². The van der Waals surface area contributed by atoms with Gasteiger partial charge >= 0.3 is 0 Å². The largest absolute Gasteiger partial charge is 0.507 e. The van der Waals surface area contributed by atoms with Gasteiger partial charge in [0, 0.05) is 119 Å². The first-order valence-electron chi connectivity index (χ1n) is 43.3. The number of carbonyl (C=O) groups is 14. The first-order valence-corrected chi connectivity index (χ1v) is 43.7. The number of aliphatic hydroxyl groups excluding tert-OH is 1. The molecule has 2 fully saturated rings. The molecule has 5 rings (SSSR count). The fraction of sp³-hybridized carbons (Fsp3) is 0.659. The van der Waals surface area contributed by atoms with Gasteiger partial charge in [-0.05, 0) is 124 Å². The number of aromatic nitrogens is 2. The summed E-state index contributed by atoms with van der Waals surface area (Å²) in [4.78, 5) is 223. The average Bonchev–Trinajstić information content (AvgIpc) is 0.746. The molecule has 0 aliphatic carbocycles. The molecule has 1 aromatic heterocycles. The Morgan fingerprint density at radius 1 is 0.576 bits per heavy atom. The maximum Gasteiger partial charge on any atom is 0.246 e. The number of phenolic OH excluding ortho intramolecular Hbond substituents is 1. The van der Waals surface area contributed by atoms with Gasteiger partial charge < -0.3 is 91.5 Å². The molecule has 2 aliphatic heterocycles. The molecule has 37 heteroatoms. The molecule has 3 aromatic rings. The summed E-state index contributed by atoms with van der Waals surface area (Å²) < 4.78 is 32.0. The van der Waals surface area contributed by atoms with Crippen LogP contribution in [0.3, 0.4) is 0 Å². The number of nitrogens with one attached hydrogen (secondary N) is 7. The highest BCUT2D eigenvalue weighted by atomic mass is 35.5. The molecule has 34 nitrogen and oxygen atoms in total. The van der Waals surface area contributed by atoms with Crippen molar-refractivity contribution in [3.8, 4) is 16.9 Å². The molecule has 2 aromatic carbocycles. The maximum absolute atomic E-state index is 16.8. The van der Waals surface area contributed by atoms with Gasteiger partial charge in [-0.25, -0.2) is 13.8 Å². The molecule has 14 amide bonds. The van der Waals surface area contributed by atoms with E-state index in [1.165, 1.54) is 107 Å². The number of benzene rings is 2. The lowest BCUT2D eigenvalue weighted by molar-refractivity contribution is -0.157. The van der Waals surface area contributed by atoms with Gasteiger partial charge in [0.1, 0.15) is 83.3 Å². The first kappa shape index (κ1) is 105. The molecule has 0 radical (unpaired) electrons. The quantitative estimate of drug-likeness (QED) is 0.0346. The number of nitrogens with zero attached hydrogens (tertiary/aromatic N) is 11. The van der Waals surface area contributed by atoms with Crippen molar-refractivity contribution in [3.63, 3.8) is 0 Å². The first-order chi connectivity index (χ1) is 58.4. The number of amides is 14. The molecular weight excluding hydrogens is 1640 g/mol. The van der Waals surface area contributed by atoms with E-state index in [9.17, 15) is 58.2 Å². The Labute approximate surface area is 739 Å². The minimum Gasteiger partial charge on any atom is -0.507 e. The van der Waals surface area contributed by atoms with E-state index in [1.54, 1.807) is 51.3 Å². The summed E-state index contributed by atoms with van der Waals surface area (Å²) in [6.07, 6.45) is -0.365. The van der Waals surface area contributed by atoms with Crippen molar-refractivity contribution in [2.75, 3.05) is 112 Å². The van der Waals surface area contributed by atoms with Crippen molar-refractivity contribution >= 4 is 117 Å². The number of anilines is 2. The van der Waals surface area contributed by atoms with E-state index < -0.39 is 196 Å². The SMILES string of the molecule is C=CC(=O)N1CCN(c2nc(NCCC(=O)NCCNC(=O)CCC[C@@H](C)[C@@H](O)C3C(=O)N[C@@H](CC)C(=O)N(C)CC(=O)N(C)[C@@H](CC(C)C)C(=O)N[C@@H](C(C)C)C(=O)N(C)[C@@H](CC(C)C)C(=O)N[C@@H](C)C(=O)N[C@H](C)C(=O)N(C)[C@@H](CC(C)C)C(=O)N(C)C(CC(C)C)C(=O)N(C)[C@@H](C(C)C)C(=O)N3C)nc3c(F)c(-c4c(O)cccc4F)c(Cl)cc23)CC1.